The molecular formula is C23H14Cl2F6N4O3. The van der Waals surface area contributed by atoms with Crippen molar-refractivity contribution in [3.05, 3.63) is 69.5 Å². The van der Waals surface area contributed by atoms with E-state index in [1.54, 1.807) is 0 Å². The van der Waals surface area contributed by atoms with E-state index in [2.05, 4.69) is 15.4 Å². The lowest BCUT2D eigenvalue weighted by atomic mass is 10.1. The lowest BCUT2D eigenvalue weighted by Gasteiger charge is -2.12. The van der Waals surface area contributed by atoms with Crippen LogP contribution in [0, 0.1) is 0 Å². The predicted molar refractivity (Wildman–Crippen MR) is 126 cm³/mol. The van der Waals surface area contributed by atoms with E-state index >= 15 is 0 Å². The van der Waals surface area contributed by atoms with Gasteiger partial charge in [-0.2, -0.15) is 31.4 Å². The molecule has 7 nitrogen and oxygen atoms in total. The molecule has 200 valence electrons. The van der Waals surface area contributed by atoms with Gasteiger partial charge in [0, 0.05) is 5.56 Å². The van der Waals surface area contributed by atoms with Gasteiger partial charge in [0.25, 0.3) is 5.91 Å². The monoisotopic (exact) mass is 578 g/mol. The highest BCUT2D eigenvalue weighted by Gasteiger charge is 2.37. The number of nitrogens with zero attached hydrogens (tertiary/aromatic N) is 3. The Bertz CT molecular complexity index is 1550. The second kappa shape index (κ2) is 9.87. The standard InChI is InChI=1S/C23H14Cl2F6N4O3/c1-37-15-6-3-10(7-16(15)38-2)13-9-17(23(29,30)31)35-20(32-13)18(25)19(34-35)21(36)33-14-8-11(22(26,27)28)4-5-12(14)24/h3-9H,1-2H3,(H,33,36). The number of alkyl halides is 6. The number of rotatable bonds is 5. The molecular weight excluding hydrogens is 565 g/mol. The third kappa shape index (κ3) is 5.16. The molecule has 38 heavy (non-hydrogen) atoms. The Morgan fingerprint density at radius 1 is 0.921 bits per heavy atom. The summed E-state index contributed by atoms with van der Waals surface area (Å²) in [5.41, 5.74) is -4.09. The van der Waals surface area contributed by atoms with Gasteiger partial charge in [-0.05, 0) is 42.5 Å². The van der Waals surface area contributed by atoms with Crippen molar-refractivity contribution in [2.45, 2.75) is 12.4 Å². The van der Waals surface area contributed by atoms with E-state index < -0.39 is 51.6 Å². The molecule has 0 saturated carbocycles. The Kier molecular flexibility index (Phi) is 7.10. The maximum absolute atomic E-state index is 14.0. The van der Waals surface area contributed by atoms with Gasteiger partial charge in [0.15, 0.2) is 28.5 Å². The molecule has 0 spiro atoms. The third-order valence-corrected chi connectivity index (χ3v) is 5.94. The number of anilines is 1. The summed E-state index contributed by atoms with van der Waals surface area (Å²) in [4.78, 5) is 17.0. The van der Waals surface area contributed by atoms with Gasteiger partial charge in [0.2, 0.25) is 0 Å². The summed E-state index contributed by atoms with van der Waals surface area (Å²) in [5, 5.41) is 4.93. The van der Waals surface area contributed by atoms with Crippen LogP contribution in [0.2, 0.25) is 10.0 Å². The lowest BCUT2D eigenvalue weighted by molar-refractivity contribution is -0.142. The van der Waals surface area contributed by atoms with Gasteiger partial charge < -0.3 is 14.8 Å². The minimum absolute atomic E-state index is 0.180. The molecule has 4 aromatic rings. The number of aromatic nitrogens is 3. The fraction of sp³-hybridized carbons (Fsp3) is 0.174. The number of fused-ring (bicyclic) bond motifs is 1. The zero-order valence-corrected chi connectivity index (χ0v) is 20.6. The van der Waals surface area contributed by atoms with Gasteiger partial charge in [-0.15, -0.1) is 0 Å². The molecule has 0 aliphatic rings. The average Bonchev–Trinajstić information content (AvgIpc) is 3.19. The topological polar surface area (TPSA) is 77.8 Å². The van der Waals surface area contributed by atoms with Crippen LogP contribution in [-0.2, 0) is 12.4 Å². The van der Waals surface area contributed by atoms with Crippen molar-refractivity contribution in [1.29, 1.82) is 0 Å². The zero-order chi connectivity index (χ0) is 28.0. The number of ether oxygens (including phenoxy) is 2. The van der Waals surface area contributed by atoms with Gasteiger partial charge in [0.1, 0.15) is 5.02 Å². The number of hydrogen-bond acceptors (Lipinski definition) is 5. The number of hydrogen-bond donors (Lipinski definition) is 1. The summed E-state index contributed by atoms with van der Waals surface area (Å²) < 4.78 is 91.8. The summed E-state index contributed by atoms with van der Waals surface area (Å²) in [7, 11) is 2.73. The summed E-state index contributed by atoms with van der Waals surface area (Å²) >= 11 is 12.1. The number of carbonyl (C=O) groups is 1. The second-order valence-corrected chi connectivity index (χ2v) is 8.42. The summed E-state index contributed by atoms with van der Waals surface area (Å²) in [6.45, 7) is 0. The SMILES string of the molecule is COc1ccc(-c2cc(C(F)(F)F)n3nc(C(=O)Nc4cc(C(F)(F)F)ccc4Cl)c(Cl)c3n2)cc1OC. The molecule has 0 aliphatic carbocycles. The molecule has 0 aliphatic heterocycles. The summed E-state index contributed by atoms with van der Waals surface area (Å²) in [6, 6.07) is 7.17. The molecule has 2 aromatic carbocycles. The quantitative estimate of drug-likeness (QED) is 0.258. The Morgan fingerprint density at radius 2 is 1.61 bits per heavy atom. The molecule has 0 radical (unpaired) electrons. The zero-order valence-electron chi connectivity index (χ0n) is 19.1. The summed E-state index contributed by atoms with van der Waals surface area (Å²) in [6.07, 6.45) is -9.70. The van der Waals surface area contributed by atoms with E-state index in [4.69, 9.17) is 32.7 Å². The van der Waals surface area contributed by atoms with Crippen LogP contribution >= 0.6 is 23.2 Å². The Balaban J connectivity index is 1.83. The molecule has 2 aromatic heterocycles. The number of methoxy groups -OCH3 is 2. The highest BCUT2D eigenvalue weighted by Crippen LogP contribution is 2.38. The van der Waals surface area contributed by atoms with Crippen molar-refractivity contribution < 1.29 is 40.6 Å². The van der Waals surface area contributed by atoms with Gasteiger partial charge in [0.05, 0.1) is 36.2 Å². The summed E-state index contributed by atoms with van der Waals surface area (Å²) in [5.74, 6) is -0.664. The number of nitrogens with one attached hydrogen (secondary N) is 1. The van der Waals surface area contributed by atoms with Crippen LogP contribution in [0.3, 0.4) is 0 Å². The first-order valence-electron chi connectivity index (χ1n) is 10.3. The van der Waals surface area contributed by atoms with E-state index in [0.29, 0.717) is 28.5 Å². The van der Waals surface area contributed by atoms with Crippen molar-refractivity contribution in [3.63, 3.8) is 0 Å². The van der Waals surface area contributed by atoms with E-state index in [1.165, 1.54) is 32.4 Å². The van der Waals surface area contributed by atoms with Crippen molar-refractivity contribution in [2.75, 3.05) is 19.5 Å². The molecule has 0 bridgehead atoms. The third-order valence-electron chi connectivity index (χ3n) is 5.26. The minimum atomic E-state index is -4.96. The largest absolute Gasteiger partial charge is 0.493 e. The first kappa shape index (κ1) is 27.3. The molecule has 0 saturated heterocycles. The van der Waals surface area contributed by atoms with E-state index in [9.17, 15) is 31.1 Å². The Hall–Kier alpha value is -3.71. The van der Waals surface area contributed by atoms with Crippen LogP contribution in [0.25, 0.3) is 16.9 Å². The van der Waals surface area contributed by atoms with E-state index in [-0.39, 0.29) is 22.0 Å². The van der Waals surface area contributed by atoms with Gasteiger partial charge >= 0.3 is 12.4 Å². The van der Waals surface area contributed by atoms with Crippen molar-refractivity contribution >= 4 is 40.4 Å². The lowest BCUT2D eigenvalue weighted by Crippen LogP contribution is -2.16. The molecule has 0 unspecified atom stereocenters. The predicted octanol–water partition coefficient (Wildman–Crippen LogP) is 7.01. The first-order chi connectivity index (χ1) is 17.7. The highest BCUT2D eigenvalue weighted by atomic mass is 35.5. The fourth-order valence-corrected chi connectivity index (χ4v) is 3.87. The van der Waals surface area contributed by atoms with Crippen LogP contribution in [0.5, 0.6) is 11.5 Å². The normalized spacial score (nSPS) is 12.1. The minimum Gasteiger partial charge on any atom is -0.493 e. The van der Waals surface area contributed by atoms with Crippen molar-refractivity contribution in [3.8, 4) is 22.8 Å². The highest BCUT2D eigenvalue weighted by molar-refractivity contribution is 6.37. The van der Waals surface area contributed by atoms with Gasteiger partial charge in [-0.3, -0.25) is 4.79 Å². The maximum atomic E-state index is 14.0. The van der Waals surface area contributed by atoms with Crippen LogP contribution in [0.15, 0.2) is 42.5 Å². The van der Waals surface area contributed by atoms with Gasteiger partial charge in [-0.1, -0.05) is 23.2 Å². The molecule has 0 fully saturated rings. The molecule has 0 atom stereocenters. The molecule has 1 N–H and O–H groups in total. The molecule has 15 heteroatoms. The molecule has 2 heterocycles. The average molecular weight is 579 g/mol. The van der Waals surface area contributed by atoms with Crippen LogP contribution in [0.4, 0.5) is 32.0 Å². The van der Waals surface area contributed by atoms with E-state index in [1.807, 2.05) is 0 Å². The van der Waals surface area contributed by atoms with Crippen molar-refractivity contribution in [1.82, 2.24) is 14.6 Å². The molecule has 4 rings (SSSR count). The van der Waals surface area contributed by atoms with Crippen LogP contribution < -0.4 is 14.8 Å². The van der Waals surface area contributed by atoms with Crippen LogP contribution in [-0.4, -0.2) is 34.7 Å². The maximum Gasteiger partial charge on any atom is 0.433 e. The van der Waals surface area contributed by atoms with Gasteiger partial charge in [-0.25, -0.2) is 9.50 Å². The van der Waals surface area contributed by atoms with E-state index in [0.717, 1.165) is 6.07 Å². The van der Waals surface area contributed by atoms with Crippen LogP contribution in [0.1, 0.15) is 21.7 Å². The number of benzene rings is 2. The fourth-order valence-electron chi connectivity index (χ4n) is 3.46. The number of halogens is 8. The Morgan fingerprint density at radius 3 is 2.21 bits per heavy atom. The first-order valence-corrected chi connectivity index (χ1v) is 11.1. The van der Waals surface area contributed by atoms with Crippen molar-refractivity contribution in [2.24, 2.45) is 0 Å². The number of amides is 1. The second-order valence-electron chi connectivity index (χ2n) is 7.64. The number of carbonyl (C=O) groups excluding carboxylic acids is 1. The Labute approximate surface area is 219 Å². The molecule has 1 amide bonds. The smallest absolute Gasteiger partial charge is 0.433 e.